The molecule has 6 heteroatoms. The normalized spacial score (nSPS) is 10.3. The van der Waals surface area contributed by atoms with Gasteiger partial charge in [-0.25, -0.2) is 9.48 Å². The highest BCUT2D eigenvalue weighted by Crippen LogP contribution is 2.10. The van der Waals surface area contributed by atoms with E-state index >= 15 is 0 Å². The monoisotopic (exact) mass is 265 g/mol. The topological polar surface area (TPSA) is 57.0 Å². The lowest BCUT2D eigenvalue weighted by molar-refractivity contribution is 0.0519. The first kappa shape index (κ1) is 12.6. The molecule has 5 nitrogen and oxygen atoms in total. The Morgan fingerprint density at radius 1 is 1.39 bits per heavy atom. The zero-order valence-electron chi connectivity index (χ0n) is 9.84. The third kappa shape index (κ3) is 3.07. The summed E-state index contributed by atoms with van der Waals surface area (Å²) >= 11 is 5.80. The summed E-state index contributed by atoms with van der Waals surface area (Å²) in [6.07, 6.45) is 1.56. The molecule has 0 aliphatic heterocycles. The highest BCUT2D eigenvalue weighted by Gasteiger charge is 2.11. The SMILES string of the molecule is CCOC(=O)c1cn(Cc2ccc(Cl)cc2)nn1. The number of benzene rings is 1. The standard InChI is InChI=1S/C12H12ClN3O2/c1-2-18-12(17)11-8-16(15-14-11)7-9-3-5-10(13)6-4-9/h3-6,8H,2,7H2,1H3. The summed E-state index contributed by atoms with van der Waals surface area (Å²) in [7, 11) is 0. The molecule has 0 radical (unpaired) electrons. The molecule has 18 heavy (non-hydrogen) atoms. The van der Waals surface area contributed by atoms with Gasteiger partial charge in [0.15, 0.2) is 5.69 Å². The predicted octanol–water partition coefficient (Wildman–Crippen LogP) is 2.16. The van der Waals surface area contributed by atoms with Gasteiger partial charge in [0.05, 0.1) is 19.3 Å². The Bertz CT molecular complexity index is 537. The molecule has 0 saturated heterocycles. The molecule has 1 heterocycles. The van der Waals surface area contributed by atoms with Crippen LogP contribution in [0, 0.1) is 0 Å². The van der Waals surface area contributed by atoms with E-state index in [9.17, 15) is 4.79 Å². The molecular formula is C12H12ClN3O2. The molecular weight excluding hydrogens is 254 g/mol. The van der Waals surface area contributed by atoms with Gasteiger partial charge in [-0.1, -0.05) is 28.9 Å². The first-order valence-corrected chi connectivity index (χ1v) is 5.88. The minimum Gasteiger partial charge on any atom is -0.461 e. The van der Waals surface area contributed by atoms with E-state index in [1.807, 2.05) is 12.1 Å². The van der Waals surface area contributed by atoms with Crippen molar-refractivity contribution in [1.29, 1.82) is 0 Å². The number of ether oxygens (including phenoxy) is 1. The number of halogens is 1. The Kier molecular flexibility index (Phi) is 3.94. The minimum absolute atomic E-state index is 0.214. The van der Waals surface area contributed by atoms with Crippen LogP contribution in [0.1, 0.15) is 23.0 Å². The zero-order chi connectivity index (χ0) is 13.0. The maximum atomic E-state index is 11.4. The van der Waals surface area contributed by atoms with E-state index in [0.29, 0.717) is 18.2 Å². The molecule has 94 valence electrons. The van der Waals surface area contributed by atoms with Gasteiger partial charge < -0.3 is 4.74 Å². The third-order valence-electron chi connectivity index (χ3n) is 2.28. The van der Waals surface area contributed by atoms with Crippen molar-refractivity contribution in [2.45, 2.75) is 13.5 Å². The van der Waals surface area contributed by atoms with Crippen LogP contribution in [0.3, 0.4) is 0 Å². The zero-order valence-corrected chi connectivity index (χ0v) is 10.6. The van der Waals surface area contributed by atoms with Crippen LogP contribution in [0.25, 0.3) is 0 Å². The summed E-state index contributed by atoms with van der Waals surface area (Å²) < 4.78 is 6.41. The molecule has 0 unspecified atom stereocenters. The first-order valence-electron chi connectivity index (χ1n) is 5.50. The fraction of sp³-hybridized carbons (Fsp3) is 0.250. The van der Waals surface area contributed by atoms with E-state index in [2.05, 4.69) is 10.3 Å². The second-order valence-corrected chi connectivity index (χ2v) is 4.08. The van der Waals surface area contributed by atoms with E-state index < -0.39 is 5.97 Å². The van der Waals surface area contributed by atoms with Crippen molar-refractivity contribution in [3.05, 3.63) is 46.7 Å². The van der Waals surface area contributed by atoms with Crippen LogP contribution in [0.4, 0.5) is 0 Å². The molecule has 0 amide bonds. The van der Waals surface area contributed by atoms with Gasteiger partial charge in [0.1, 0.15) is 0 Å². The number of nitrogens with zero attached hydrogens (tertiary/aromatic N) is 3. The van der Waals surface area contributed by atoms with Gasteiger partial charge in [-0.15, -0.1) is 5.10 Å². The number of rotatable bonds is 4. The van der Waals surface area contributed by atoms with Crippen molar-refractivity contribution in [3.8, 4) is 0 Å². The summed E-state index contributed by atoms with van der Waals surface area (Å²) in [5.41, 5.74) is 1.24. The van der Waals surface area contributed by atoms with Gasteiger partial charge in [0.2, 0.25) is 0 Å². The number of carbonyl (C=O) groups is 1. The lowest BCUT2D eigenvalue weighted by Crippen LogP contribution is -2.05. The van der Waals surface area contributed by atoms with E-state index in [1.165, 1.54) is 0 Å². The second-order valence-electron chi connectivity index (χ2n) is 3.65. The molecule has 0 spiro atoms. The smallest absolute Gasteiger partial charge is 0.360 e. The predicted molar refractivity (Wildman–Crippen MR) is 66.5 cm³/mol. The van der Waals surface area contributed by atoms with Crippen molar-refractivity contribution in [2.75, 3.05) is 6.61 Å². The van der Waals surface area contributed by atoms with Crippen LogP contribution in [-0.4, -0.2) is 27.6 Å². The highest BCUT2D eigenvalue weighted by molar-refractivity contribution is 6.30. The first-order chi connectivity index (χ1) is 8.69. The number of esters is 1. The maximum absolute atomic E-state index is 11.4. The number of carbonyl (C=O) groups excluding carboxylic acids is 1. The lowest BCUT2D eigenvalue weighted by Gasteiger charge is -2.00. The molecule has 2 rings (SSSR count). The van der Waals surface area contributed by atoms with Crippen molar-refractivity contribution in [2.24, 2.45) is 0 Å². The fourth-order valence-corrected chi connectivity index (χ4v) is 1.58. The Hall–Kier alpha value is -1.88. The van der Waals surface area contributed by atoms with Gasteiger partial charge in [-0.3, -0.25) is 0 Å². The Morgan fingerprint density at radius 3 is 2.78 bits per heavy atom. The van der Waals surface area contributed by atoms with Gasteiger partial charge in [0, 0.05) is 5.02 Å². The average Bonchev–Trinajstić information content (AvgIpc) is 2.81. The fourth-order valence-electron chi connectivity index (χ4n) is 1.45. The highest BCUT2D eigenvalue weighted by atomic mass is 35.5. The quantitative estimate of drug-likeness (QED) is 0.795. The van der Waals surface area contributed by atoms with Gasteiger partial charge in [-0.05, 0) is 24.6 Å². The lowest BCUT2D eigenvalue weighted by atomic mass is 10.2. The molecule has 0 fully saturated rings. The van der Waals surface area contributed by atoms with Gasteiger partial charge in [-0.2, -0.15) is 0 Å². The van der Waals surface area contributed by atoms with Crippen LogP contribution in [-0.2, 0) is 11.3 Å². The third-order valence-corrected chi connectivity index (χ3v) is 2.53. The van der Waals surface area contributed by atoms with Crippen molar-refractivity contribution in [1.82, 2.24) is 15.0 Å². The molecule has 2 aromatic rings. The second kappa shape index (κ2) is 5.64. The summed E-state index contributed by atoms with van der Waals surface area (Å²) in [5.74, 6) is -0.458. The molecule has 0 N–H and O–H groups in total. The molecule has 0 aliphatic carbocycles. The maximum Gasteiger partial charge on any atom is 0.360 e. The van der Waals surface area contributed by atoms with Crippen LogP contribution in [0.5, 0.6) is 0 Å². The van der Waals surface area contributed by atoms with Gasteiger partial charge >= 0.3 is 5.97 Å². The van der Waals surface area contributed by atoms with E-state index in [1.54, 1.807) is 29.9 Å². The molecule has 0 aliphatic rings. The summed E-state index contributed by atoms with van der Waals surface area (Å²) in [6, 6.07) is 7.41. The van der Waals surface area contributed by atoms with Gasteiger partial charge in [0.25, 0.3) is 0 Å². The summed E-state index contributed by atoms with van der Waals surface area (Å²) in [4.78, 5) is 11.4. The Morgan fingerprint density at radius 2 is 2.11 bits per heavy atom. The van der Waals surface area contributed by atoms with Crippen LogP contribution < -0.4 is 0 Å². The molecule has 0 bridgehead atoms. The molecule has 1 aromatic heterocycles. The molecule has 0 saturated carbocycles. The minimum atomic E-state index is -0.458. The Balaban J connectivity index is 2.06. The van der Waals surface area contributed by atoms with Crippen LogP contribution in [0.2, 0.25) is 5.02 Å². The van der Waals surface area contributed by atoms with Crippen LogP contribution in [0.15, 0.2) is 30.5 Å². The number of hydrogen-bond donors (Lipinski definition) is 0. The number of hydrogen-bond acceptors (Lipinski definition) is 4. The largest absolute Gasteiger partial charge is 0.461 e. The average molecular weight is 266 g/mol. The van der Waals surface area contributed by atoms with E-state index in [-0.39, 0.29) is 5.69 Å². The Labute approximate surface area is 109 Å². The van der Waals surface area contributed by atoms with E-state index in [0.717, 1.165) is 5.56 Å². The molecule has 0 atom stereocenters. The summed E-state index contributed by atoms with van der Waals surface area (Å²) in [5, 5.41) is 8.32. The number of aromatic nitrogens is 3. The van der Waals surface area contributed by atoms with Crippen molar-refractivity contribution < 1.29 is 9.53 Å². The van der Waals surface area contributed by atoms with Crippen molar-refractivity contribution in [3.63, 3.8) is 0 Å². The summed E-state index contributed by atoms with van der Waals surface area (Å²) in [6.45, 7) is 2.60. The van der Waals surface area contributed by atoms with E-state index in [4.69, 9.17) is 16.3 Å². The molecule has 1 aromatic carbocycles. The van der Waals surface area contributed by atoms with Crippen LogP contribution >= 0.6 is 11.6 Å². The van der Waals surface area contributed by atoms with Crippen molar-refractivity contribution >= 4 is 17.6 Å².